The molecule has 0 unspecified atom stereocenters. The maximum atomic E-state index is 11.5. The summed E-state index contributed by atoms with van der Waals surface area (Å²) in [6, 6.07) is 9.62. The van der Waals surface area contributed by atoms with Gasteiger partial charge < -0.3 is 5.32 Å². The topological polar surface area (TPSA) is 42.0 Å². The van der Waals surface area contributed by atoms with Crippen LogP contribution in [0.2, 0.25) is 0 Å². The van der Waals surface area contributed by atoms with Crippen LogP contribution in [0.15, 0.2) is 30.3 Å². The number of hydrogen-bond acceptors (Lipinski definition) is 3. The third-order valence-corrected chi connectivity index (χ3v) is 2.77. The van der Waals surface area contributed by atoms with Gasteiger partial charge in [-0.2, -0.15) is 0 Å². The molecule has 1 aromatic heterocycles. The lowest BCUT2D eigenvalue weighted by atomic mass is 10.1. The van der Waals surface area contributed by atoms with Crippen molar-refractivity contribution < 1.29 is 4.79 Å². The predicted octanol–water partition coefficient (Wildman–Crippen LogP) is 1.97. The second-order valence-electron chi connectivity index (χ2n) is 2.93. The summed E-state index contributed by atoms with van der Waals surface area (Å²) in [6.07, 6.45) is 0. The van der Waals surface area contributed by atoms with Gasteiger partial charge in [0.25, 0.3) is 5.91 Å². The van der Waals surface area contributed by atoms with E-state index in [1.54, 1.807) is 7.05 Å². The van der Waals surface area contributed by atoms with E-state index >= 15 is 0 Å². The number of carbonyl (C=O) groups is 1. The van der Waals surface area contributed by atoms with Crippen molar-refractivity contribution in [2.75, 3.05) is 7.05 Å². The number of carbonyl (C=O) groups excluding carboxylic acids is 1. The van der Waals surface area contributed by atoms with Gasteiger partial charge in [0.1, 0.15) is 4.88 Å². The summed E-state index contributed by atoms with van der Waals surface area (Å²) in [7, 11) is 1.61. The fourth-order valence-corrected chi connectivity index (χ4v) is 1.96. The predicted molar refractivity (Wildman–Crippen MR) is 59.8 cm³/mol. The second kappa shape index (κ2) is 4.23. The third kappa shape index (κ3) is 1.89. The quantitative estimate of drug-likeness (QED) is 0.835. The first-order chi connectivity index (χ1) is 7.33. The van der Waals surface area contributed by atoms with Crippen molar-refractivity contribution in [1.29, 1.82) is 0 Å². The van der Waals surface area contributed by atoms with Crippen LogP contribution < -0.4 is 5.32 Å². The average molecular weight is 217 g/mol. The number of rotatable bonds is 2. The van der Waals surface area contributed by atoms with Crippen LogP contribution in [0.3, 0.4) is 0 Å². The highest BCUT2D eigenvalue weighted by atomic mass is 32.1. The zero-order valence-corrected chi connectivity index (χ0v) is 8.97. The molecule has 0 atom stereocenters. The summed E-state index contributed by atoms with van der Waals surface area (Å²) in [5.41, 5.74) is 4.38. The molecule has 0 aliphatic carbocycles. The van der Waals surface area contributed by atoms with Gasteiger partial charge in [0.05, 0.1) is 5.69 Å². The highest BCUT2D eigenvalue weighted by Gasteiger charge is 2.14. The van der Waals surface area contributed by atoms with Gasteiger partial charge in [-0.25, -0.2) is 4.98 Å². The molecular weight excluding hydrogens is 208 g/mol. The Kier molecular flexibility index (Phi) is 2.78. The first-order valence-corrected chi connectivity index (χ1v) is 5.29. The molecular formula is C11H9N2OS. The molecule has 1 heterocycles. The van der Waals surface area contributed by atoms with E-state index in [4.69, 9.17) is 0 Å². The maximum Gasteiger partial charge on any atom is 0.263 e. The van der Waals surface area contributed by atoms with Crippen LogP contribution in [0.1, 0.15) is 9.67 Å². The van der Waals surface area contributed by atoms with E-state index in [9.17, 15) is 4.79 Å². The molecule has 0 fully saturated rings. The maximum absolute atomic E-state index is 11.5. The van der Waals surface area contributed by atoms with Gasteiger partial charge >= 0.3 is 0 Å². The summed E-state index contributed by atoms with van der Waals surface area (Å²) in [6.45, 7) is 0. The Bertz CT molecular complexity index is 464. The summed E-state index contributed by atoms with van der Waals surface area (Å²) in [4.78, 5) is 16.2. The largest absolute Gasteiger partial charge is 0.354 e. The third-order valence-electron chi connectivity index (χ3n) is 2.00. The SMILES string of the molecule is CNC(=O)c1s[c]nc1-c1ccccc1. The molecule has 0 saturated carbocycles. The summed E-state index contributed by atoms with van der Waals surface area (Å²) < 4.78 is 0. The molecule has 1 radical (unpaired) electrons. The van der Waals surface area contributed by atoms with Gasteiger partial charge in [0, 0.05) is 12.6 Å². The standard InChI is InChI=1S/C11H9N2OS/c1-12-11(14)10-9(13-7-15-10)8-5-3-2-4-6-8/h2-6H,1H3,(H,12,14). The van der Waals surface area contributed by atoms with E-state index in [0.717, 1.165) is 5.56 Å². The Morgan fingerprint density at radius 2 is 2.13 bits per heavy atom. The van der Waals surface area contributed by atoms with Gasteiger partial charge in [0.2, 0.25) is 0 Å². The molecule has 15 heavy (non-hydrogen) atoms. The number of amides is 1. The molecule has 0 bridgehead atoms. The Hall–Kier alpha value is -1.68. The molecule has 0 spiro atoms. The number of benzene rings is 1. The van der Waals surface area contributed by atoms with Crippen LogP contribution in [-0.4, -0.2) is 17.9 Å². The molecule has 0 aliphatic heterocycles. The Morgan fingerprint density at radius 3 is 2.80 bits per heavy atom. The van der Waals surface area contributed by atoms with Gasteiger partial charge in [-0.05, 0) is 0 Å². The number of aromatic nitrogens is 1. The van der Waals surface area contributed by atoms with E-state index in [0.29, 0.717) is 10.6 Å². The number of nitrogens with zero attached hydrogens (tertiary/aromatic N) is 1. The van der Waals surface area contributed by atoms with Crippen molar-refractivity contribution >= 4 is 17.2 Å². The van der Waals surface area contributed by atoms with Crippen molar-refractivity contribution in [2.24, 2.45) is 0 Å². The molecule has 75 valence electrons. The Balaban J connectivity index is 2.46. The molecule has 4 heteroatoms. The van der Waals surface area contributed by atoms with E-state index in [2.05, 4.69) is 15.8 Å². The Labute approximate surface area is 91.8 Å². The zero-order valence-electron chi connectivity index (χ0n) is 8.15. The zero-order chi connectivity index (χ0) is 10.7. The van der Waals surface area contributed by atoms with Crippen molar-refractivity contribution in [1.82, 2.24) is 10.3 Å². The van der Waals surface area contributed by atoms with Gasteiger partial charge in [-0.15, -0.1) is 11.3 Å². The van der Waals surface area contributed by atoms with E-state index in [-0.39, 0.29) is 5.91 Å². The van der Waals surface area contributed by atoms with Crippen molar-refractivity contribution in [2.45, 2.75) is 0 Å². The van der Waals surface area contributed by atoms with Crippen LogP contribution in [0.5, 0.6) is 0 Å². The van der Waals surface area contributed by atoms with Crippen LogP contribution in [0, 0.1) is 5.51 Å². The lowest BCUT2D eigenvalue weighted by molar-refractivity contribution is 0.0967. The Morgan fingerprint density at radius 1 is 1.40 bits per heavy atom. The van der Waals surface area contributed by atoms with Crippen LogP contribution >= 0.6 is 11.3 Å². The van der Waals surface area contributed by atoms with Crippen LogP contribution in [-0.2, 0) is 0 Å². The molecule has 1 aromatic carbocycles. The molecule has 1 amide bonds. The average Bonchev–Trinajstić information content (AvgIpc) is 2.78. The van der Waals surface area contributed by atoms with Gasteiger partial charge in [-0.1, -0.05) is 30.3 Å². The normalized spacial score (nSPS) is 9.93. The fourth-order valence-electron chi connectivity index (χ4n) is 1.27. The molecule has 0 aliphatic rings. The number of hydrogen-bond donors (Lipinski definition) is 1. The van der Waals surface area contributed by atoms with Crippen LogP contribution in [0.25, 0.3) is 11.3 Å². The van der Waals surface area contributed by atoms with E-state index < -0.39 is 0 Å². The molecule has 2 rings (SSSR count). The van der Waals surface area contributed by atoms with Crippen LogP contribution in [0.4, 0.5) is 0 Å². The summed E-state index contributed by atoms with van der Waals surface area (Å²) in [5.74, 6) is -0.118. The fraction of sp³-hybridized carbons (Fsp3) is 0.0909. The van der Waals surface area contributed by atoms with Gasteiger partial charge in [-0.3, -0.25) is 4.79 Å². The van der Waals surface area contributed by atoms with Gasteiger partial charge in [0.15, 0.2) is 5.51 Å². The smallest absolute Gasteiger partial charge is 0.263 e. The molecule has 2 aromatic rings. The van der Waals surface area contributed by atoms with Crippen molar-refractivity contribution in [3.63, 3.8) is 0 Å². The monoisotopic (exact) mass is 217 g/mol. The molecule has 3 nitrogen and oxygen atoms in total. The minimum absolute atomic E-state index is 0.118. The highest BCUT2D eigenvalue weighted by molar-refractivity contribution is 7.11. The molecule has 1 N–H and O–H groups in total. The summed E-state index contributed by atoms with van der Waals surface area (Å²) >= 11 is 1.23. The van der Waals surface area contributed by atoms with Crippen molar-refractivity contribution in [3.05, 3.63) is 40.7 Å². The molecule has 0 saturated heterocycles. The van der Waals surface area contributed by atoms with E-state index in [1.807, 2.05) is 30.3 Å². The van der Waals surface area contributed by atoms with Crippen molar-refractivity contribution in [3.8, 4) is 11.3 Å². The lowest BCUT2D eigenvalue weighted by Crippen LogP contribution is -2.17. The minimum Gasteiger partial charge on any atom is -0.354 e. The highest BCUT2D eigenvalue weighted by Crippen LogP contribution is 2.24. The number of nitrogens with one attached hydrogen (secondary N) is 1. The lowest BCUT2D eigenvalue weighted by Gasteiger charge is -2.00. The van der Waals surface area contributed by atoms with E-state index in [1.165, 1.54) is 11.3 Å². The first-order valence-electron chi connectivity index (χ1n) is 4.47. The number of thiazole rings is 1. The minimum atomic E-state index is -0.118. The second-order valence-corrected chi connectivity index (χ2v) is 3.72. The summed E-state index contributed by atoms with van der Waals surface area (Å²) in [5, 5.41) is 2.59. The first kappa shape index (κ1) is 9.86.